The Morgan fingerprint density at radius 2 is 1.12 bits per heavy atom. The summed E-state index contributed by atoms with van der Waals surface area (Å²) in [6.45, 7) is 0. The van der Waals surface area contributed by atoms with Crippen molar-refractivity contribution < 1.29 is 4.79 Å². The van der Waals surface area contributed by atoms with Gasteiger partial charge in [0.25, 0.3) is 0 Å². The molecule has 0 saturated heterocycles. The molecule has 0 aliphatic rings. The zero-order valence-electron chi connectivity index (χ0n) is 15.9. The van der Waals surface area contributed by atoms with E-state index < -0.39 is 0 Å². The van der Waals surface area contributed by atoms with Crippen LogP contribution in [0.5, 0.6) is 0 Å². The summed E-state index contributed by atoms with van der Waals surface area (Å²) in [6, 6.07) is 16.3. The molecule has 0 N–H and O–H groups in total. The van der Waals surface area contributed by atoms with Gasteiger partial charge in [-0.05, 0) is 47.5 Å². The normalized spacial score (nSPS) is 11.5. The Balaban J connectivity index is 1.88. The number of hydrogen-bond acceptors (Lipinski definition) is 3. The zero-order valence-corrected chi connectivity index (χ0v) is 15.9. The van der Waals surface area contributed by atoms with Gasteiger partial charge in [0.05, 0.1) is 0 Å². The maximum Gasteiger partial charge on any atom is 0.178 e. The minimum atomic E-state index is -0.0331. The molecule has 0 amide bonds. The molecule has 0 fully saturated rings. The van der Waals surface area contributed by atoms with Crippen molar-refractivity contribution in [3.05, 3.63) is 84.0 Å². The monoisotopic (exact) mass is 346 g/mol. The van der Waals surface area contributed by atoms with E-state index in [9.17, 15) is 4.79 Å². The number of carbonyl (C=O) groups is 1. The lowest BCUT2D eigenvalue weighted by atomic mass is 10.1. The molecule has 0 aliphatic carbocycles. The van der Waals surface area contributed by atoms with Gasteiger partial charge in [-0.15, -0.1) is 0 Å². The maximum absolute atomic E-state index is 11.9. The van der Waals surface area contributed by atoms with E-state index in [0.717, 1.165) is 22.5 Å². The first kappa shape index (κ1) is 19.3. The Hall–Kier alpha value is -3.07. The lowest BCUT2D eigenvalue weighted by molar-refractivity contribution is -0.110. The number of anilines is 2. The van der Waals surface area contributed by atoms with Crippen LogP contribution in [0.4, 0.5) is 11.4 Å². The molecule has 0 saturated carbocycles. The second-order valence-corrected chi connectivity index (χ2v) is 6.43. The smallest absolute Gasteiger partial charge is 0.178 e. The summed E-state index contributed by atoms with van der Waals surface area (Å²) in [6.07, 6.45) is 10.6. The highest BCUT2D eigenvalue weighted by Crippen LogP contribution is 2.14. The van der Waals surface area contributed by atoms with E-state index in [0.29, 0.717) is 0 Å². The van der Waals surface area contributed by atoms with E-state index in [1.54, 1.807) is 18.2 Å². The van der Waals surface area contributed by atoms with Crippen LogP contribution in [-0.4, -0.2) is 34.0 Å². The van der Waals surface area contributed by atoms with Gasteiger partial charge in [0.1, 0.15) is 0 Å². The highest BCUT2D eigenvalue weighted by Gasteiger charge is 1.95. The minimum Gasteiger partial charge on any atom is -0.378 e. The summed E-state index contributed by atoms with van der Waals surface area (Å²) < 4.78 is 0. The summed E-state index contributed by atoms with van der Waals surface area (Å²) in [5.74, 6) is -0.0331. The van der Waals surface area contributed by atoms with E-state index in [4.69, 9.17) is 0 Å². The average molecular weight is 346 g/mol. The molecule has 2 aromatic carbocycles. The van der Waals surface area contributed by atoms with E-state index in [2.05, 4.69) is 29.2 Å². The first-order chi connectivity index (χ1) is 12.5. The number of benzene rings is 2. The van der Waals surface area contributed by atoms with Crippen molar-refractivity contribution in [2.75, 3.05) is 38.0 Å². The lowest BCUT2D eigenvalue weighted by Crippen LogP contribution is -2.07. The summed E-state index contributed by atoms with van der Waals surface area (Å²) >= 11 is 0. The fourth-order valence-corrected chi connectivity index (χ4v) is 2.32. The Bertz CT molecular complexity index is 795. The quantitative estimate of drug-likeness (QED) is 0.538. The van der Waals surface area contributed by atoms with Gasteiger partial charge in [0.2, 0.25) is 0 Å². The van der Waals surface area contributed by atoms with E-state index in [1.807, 2.05) is 75.6 Å². The highest BCUT2D eigenvalue weighted by atomic mass is 16.1. The Morgan fingerprint density at radius 3 is 1.58 bits per heavy atom. The summed E-state index contributed by atoms with van der Waals surface area (Å²) in [4.78, 5) is 16.0. The third kappa shape index (κ3) is 6.10. The van der Waals surface area contributed by atoms with Crippen LogP contribution in [0.2, 0.25) is 0 Å². The molecular formula is C23H26N2O. The first-order valence-corrected chi connectivity index (χ1v) is 8.57. The average Bonchev–Trinajstić information content (AvgIpc) is 2.64. The Kier molecular flexibility index (Phi) is 6.98. The largest absolute Gasteiger partial charge is 0.378 e. The lowest BCUT2D eigenvalue weighted by Gasteiger charge is -2.11. The maximum atomic E-state index is 11.9. The second kappa shape index (κ2) is 9.42. The van der Waals surface area contributed by atoms with Gasteiger partial charge in [-0.3, -0.25) is 4.79 Å². The van der Waals surface area contributed by atoms with Crippen LogP contribution in [0.3, 0.4) is 0 Å². The molecule has 0 heterocycles. The van der Waals surface area contributed by atoms with Crippen LogP contribution < -0.4 is 9.80 Å². The van der Waals surface area contributed by atoms with E-state index in [1.165, 1.54) is 0 Å². The molecular weight excluding hydrogens is 320 g/mol. The summed E-state index contributed by atoms with van der Waals surface area (Å²) in [5, 5.41) is 0. The molecule has 0 unspecified atom stereocenters. The molecule has 0 bridgehead atoms. The van der Waals surface area contributed by atoms with Crippen LogP contribution >= 0.6 is 0 Å². The van der Waals surface area contributed by atoms with Crippen LogP contribution in [0.15, 0.2) is 72.8 Å². The number of rotatable bonds is 7. The zero-order chi connectivity index (χ0) is 18.9. The molecule has 0 spiro atoms. The fraction of sp³-hybridized carbons (Fsp3) is 0.174. The summed E-state index contributed by atoms with van der Waals surface area (Å²) in [5.41, 5.74) is 4.41. The van der Waals surface area contributed by atoms with Gasteiger partial charge < -0.3 is 9.80 Å². The number of carbonyl (C=O) groups excluding carboxylic acids is 1. The van der Waals surface area contributed by atoms with Gasteiger partial charge in [-0.1, -0.05) is 48.6 Å². The molecule has 3 nitrogen and oxygen atoms in total. The topological polar surface area (TPSA) is 23.6 Å². The SMILES string of the molecule is CN(C)c1ccc(C=CC=CC(=O)C=Cc2ccc(N(C)C)cc2)cc1. The van der Waals surface area contributed by atoms with Crippen molar-refractivity contribution >= 4 is 29.3 Å². The molecule has 0 radical (unpaired) electrons. The molecule has 0 atom stereocenters. The molecule has 134 valence electrons. The molecule has 26 heavy (non-hydrogen) atoms. The minimum absolute atomic E-state index is 0.0331. The van der Waals surface area contributed by atoms with Crippen molar-refractivity contribution in [1.29, 1.82) is 0 Å². The van der Waals surface area contributed by atoms with Crippen molar-refractivity contribution in [3.63, 3.8) is 0 Å². The number of allylic oxidation sites excluding steroid dienone is 4. The van der Waals surface area contributed by atoms with Crippen LogP contribution in [0, 0.1) is 0 Å². The summed E-state index contributed by atoms with van der Waals surface area (Å²) in [7, 11) is 8.04. The predicted molar refractivity (Wildman–Crippen MR) is 114 cm³/mol. The highest BCUT2D eigenvalue weighted by molar-refractivity contribution is 6.02. The fourth-order valence-electron chi connectivity index (χ4n) is 2.32. The molecule has 3 heteroatoms. The number of hydrogen-bond donors (Lipinski definition) is 0. The van der Waals surface area contributed by atoms with Crippen LogP contribution in [-0.2, 0) is 4.79 Å². The molecule has 0 aromatic heterocycles. The molecule has 2 rings (SSSR count). The van der Waals surface area contributed by atoms with E-state index in [-0.39, 0.29) is 5.78 Å². The van der Waals surface area contributed by atoms with Gasteiger partial charge in [0, 0.05) is 39.6 Å². The van der Waals surface area contributed by atoms with Gasteiger partial charge >= 0.3 is 0 Å². The Morgan fingerprint density at radius 1 is 0.654 bits per heavy atom. The van der Waals surface area contributed by atoms with Crippen molar-refractivity contribution in [3.8, 4) is 0 Å². The standard InChI is InChI=1S/C23H26N2O/c1-24(2)21-14-9-19(10-15-21)7-5-6-8-23(26)18-13-20-11-16-22(17-12-20)25(3)4/h5-18H,1-4H3. The van der Waals surface area contributed by atoms with Crippen molar-refractivity contribution in [2.45, 2.75) is 0 Å². The third-order valence-electron chi connectivity index (χ3n) is 3.92. The van der Waals surface area contributed by atoms with Crippen LogP contribution in [0.25, 0.3) is 12.2 Å². The van der Waals surface area contributed by atoms with Crippen LogP contribution in [0.1, 0.15) is 11.1 Å². The molecule has 0 aliphatic heterocycles. The number of ketones is 1. The number of nitrogens with zero attached hydrogens (tertiary/aromatic N) is 2. The van der Waals surface area contributed by atoms with Gasteiger partial charge in [-0.25, -0.2) is 0 Å². The van der Waals surface area contributed by atoms with Crippen molar-refractivity contribution in [2.24, 2.45) is 0 Å². The van der Waals surface area contributed by atoms with Crippen molar-refractivity contribution in [1.82, 2.24) is 0 Å². The third-order valence-corrected chi connectivity index (χ3v) is 3.92. The Labute approximate surface area is 156 Å². The molecule has 2 aromatic rings. The van der Waals surface area contributed by atoms with Gasteiger partial charge in [-0.2, -0.15) is 0 Å². The second-order valence-electron chi connectivity index (χ2n) is 6.43. The van der Waals surface area contributed by atoms with E-state index >= 15 is 0 Å². The predicted octanol–water partition coefficient (Wildman–Crippen LogP) is 4.67. The first-order valence-electron chi connectivity index (χ1n) is 8.57. The van der Waals surface area contributed by atoms with Gasteiger partial charge in [0.15, 0.2) is 5.78 Å².